The van der Waals surface area contributed by atoms with Gasteiger partial charge in [0.1, 0.15) is 0 Å². The Kier molecular flexibility index (Phi) is 17.2. The van der Waals surface area contributed by atoms with Gasteiger partial charge in [-0.2, -0.15) is 0 Å². The van der Waals surface area contributed by atoms with Gasteiger partial charge in [0.25, 0.3) is 11.8 Å². The van der Waals surface area contributed by atoms with Crippen LogP contribution in [0, 0.1) is 143 Å². The second-order valence-electron chi connectivity index (χ2n) is 8.38. The summed E-state index contributed by atoms with van der Waals surface area (Å²) in [7, 11) is 0. The van der Waals surface area contributed by atoms with Crippen LogP contribution in [0.25, 0.3) is 0 Å². The fourth-order valence-corrected chi connectivity index (χ4v) is 2.93. The third kappa shape index (κ3) is 16.6. The summed E-state index contributed by atoms with van der Waals surface area (Å²) in [6.45, 7) is 0. The molecule has 0 radical (unpaired) electrons. The third-order valence-electron chi connectivity index (χ3n) is 4.96. The van der Waals surface area contributed by atoms with E-state index in [-0.39, 0.29) is 43.2 Å². The molecule has 276 valence electrons. The maximum atomic E-state index is 11.6. The smallest absolute Gasteiger partial charge is 0.338 e. The molecule has 51 heavy (non-hydrogen) atoms. The molecule has 0 saturated heterocycles. The number of imide groups is 1. The van der Waals surface area contributed by atoms with Crippen LogP contribution in [0.5, 0.6) is 0 Å². The van der Waals surface area contributed by atoms with Crippen LogP contribution in [0.4, 0.5) is 11.4 Å². The fraction of sp³-hybridized carbons (Fsp3) is 0. The summed E-state index contributed by atoms with van der Waals surface area (Å²) in [6, 6.07) is 13.9. The molecule has 0 fully saturated rings. The normalized spacial score (nSPS) is 9.73. The average molecular weight is 697 g/mol. The zero-order valence-electron chi connectivity index (χ0n) is 26.1. The number of benzene rings is 2. The number of amides is 2. The average Bonchev–Trinajstić information content (AvgIpc) is 3.69. The second-order valence-corrected chi connectivity index (χ2v) is 8.38. The number of nitrogens with zero attached hydrogens (tertiary/aromatic N) is 1. The van der Waals surface area contributed by atoms with Crippen LogP contribution < -0.4 is 10.6 Å². The zero-order chi connectivity index (χ0) is 36.9. The molecule has 2 heterocycles. The Morgan fingerprint density at radius 2 is 0.804 bits per heavy atom. The minimum Gasteiger partial charge on any atom is -0.399 e. The molecule has 0 aromatic heterocycles. The van der Waals surface area contributed by atoms with Crippen LogP contribution in [-0.4, -0.2) is 23.8 Å². The summed E-state index contributed by atoms with van der Waals surface area (Å²) >= 11 is 0. The summed E-state index contributed by atoms with van der Waals surface area (Å²) < 4.78 is 3.97. The summed E-state index contributed by atoms with van der Waals surface area (Å²) in [5.41, 5.74) is 8.29. The number of carbonyl (C=O) groups is 4. The number of nitrogens with two attached hydrogens (primary N) is 1. The lowest BCUT2D eigenvalue weighted by atomic mass is 10.2. The predicted octanol–water partition coefficient (Wildman–Crippen LogP) is 7.42. The van der Waals surface area contributed by atoms with Gasteiger partial charge >= 0.3 is 11.9 Å². The molecule has 2 aromatic carbocycles. The molecule has 0 unspecified atom stereocenters. The molecule has 0 atom stereocenters. The highest BCUT2D eigenvalue weighted by Crippen LogP contribution is 2.19. The van der Waals surface area contributed by atoms with E-state index in [9.17, 15) is 19.2 Å². The van der Waals surface area contributed by atoms with Crippen LogP contribution in [0.15, 0.2) is 72.8 Å². The first-order valence-corrected chi connectivity index (χ1v) is 13.7. The first-order valence-electron chi connectivity index (χ1n) is 13.7. The first-order chi connectivity index (χ1) is 24.8. The topological polar surface area (TPSA) is 107 Å². The minimum absolute atomic E-state index is 0. The molecule has 0 bridgehead atoms. The molecule has 2 aromatic rings. The highest BCUT2D eigenvalue weighted by molar-refractivity contribution is 6.28. The summed E-state index contributed by atoms with van der Waals surface area (Å²) in [4.78, 5) is 44.1. The van der Waals surface area contributed by atoms with Crippen LogP contribution in [0.3, 0.4) is 0 Å². The molecule has 2 amide bonds. The Bertz CT molecular complexity index is 2570. The lowest BCUT2D eigenvalue weighted by molar-refractivity contribution is -0.150. The number of terminal acetylenes is 2. The number of carbonyl (C=O) groups excluding carboxylic acids is 4. The van der Waals surface area contributed by atoms with E-state index in [4.69, 9.17) is 18.6 Å². The number of anilines is 2. The van der Waals surface area contributed by atoms with Gasteiger partial charge in [0.15, 0.2) is 0 Å². The van der Waals surface area contributed by atoms with Gasteiger partial charge < -0.3 is 10.5 Å². The van der Waals surface area contributed by atoms with Gasteiger partial charge in [-0.15, -0.1) is 12.8 Å². The lowest BCUT2D eigenvalue weighted by Gasteiger charge is -2.13. The Morgan fingerprint density at radius 1 is 0.471 bits per heavy atom. The summed E-state index contributed by atoms with van der Waals surface area (Å²) in [6.07, 6.45) is 14.5. The van der Waals surface area contributed by atoms with Crippen molar-refractivity contribution in [3.05, 3.63) is 84.0 Å². The van der Waals surface area contributed by atoms with Crippen molar-refractivity contribution < 1.29 is 55.3 Å². The summed E-state index contributed by atoms with van der Waals surface area (Å²) in [5.74, 6) is 53.1. The van der Waals surface area contributed by atoms with Crippen molar-refractivity contribution >= 4 is 35.1 Å². The molecule has 7 heteroatoms. The van der Waals surface area contributed by atoms with Gasteiger partial charge in [0, 0.05) is 72.5 Å². The monoisotopic (exact) mass is 696 g/mol. The molecular weight excluding hydrogens is 636 g/mol. The minimum atomic E-state index is -0.579. The quantitative estimate of drug-likeness (QED) is 0.109. The predicted molar refractivity (Wildman–Crippen MR) is 239 cm³/mol. The van der Waals surface area contributed by atoms with E-state index in [1.807, 2.05) is 12.1 Å². The first kappa shape index (κ1) is 37.9. The lowest BCUT2D eigenvalue weighted by Crippen LogP contribution is -2.29. The standard InChI is InChI=1S/C22H7NO2.C18H7N.C4H2O3.22H2/c1-2-3-4-5-6-7-8-9-10-11-12-19-13-15-20(16-14-19)23-21(24)17-18-22(23)25;1-2-3-4-5-6-7-8-9-10-11-12-17-13-15-18(19)16-14-17;5-3-1-2-4(6)7-3;;;;;;;;;;;;;;;;;;;;;;/h1,13-18H;1,13-16H,19H2;1-2H;22*1H. The van der Waals surface area contributed by atoms with Crippen molar-refractivity contribution in [2.45, 2.75) is 0 Å². The van der Waals surface area contributed by atoms with E-state index in [1.165, 1.54) is 12.2 Å². The second kappa shape index (κ2) is 23.1. The maximum absolute atomic E-state index is 11.6. The third-order valence-corrected chi connectivity index (χ3v) is 4.96. The maximum Gasteiger partial charge on any atom is 0.338 e. The Labute approximate surface area is 328 Å². The fourth-order valence-electron chi connectivity index (χ4n) is 2.93. The largest absolute Gasteiger partial charge is 0.399 e. The van der Waals surface area contributed by atoms with Gasteiger partial charge in [-0.3, -0.25) is 9.59 Å². The van der Waals surface area contributed by atoms with Crippen molar-refractivity contribution in [3.8, 4) is 143 Å². The van der Waals surface area contributed by atoms with Gasteiger partial charge in [0.05, 0.1) is 5.69 Å². The number of rotatable bonds is 1. The molecule has 4 rings (SSSR count). The van der Waals surface area contributed by atoms with E-state index >= 15 is 0 Å². The van der Waals surface area contributed by atoms with Gasteiger partial charge in [-0.25, -0.2) is 14.5 Å². The molecule has 2 aliphatic rings. The summed E-state index contributed by atoms with van der Waals surface area (Å²) in [5, 5.41) is 0. The van der Waals surface area contributed by atoms with Gasteiger partial charge in [0.2, 0.25) is 0 Å². The number of ether oxygens (including phenoxy) is 1. The SMILES string of the molecule is C#CC#CC#CC#CC#CC#Cc1ccc(N)cc1.C#CC#CC#CC#CC#CC#Cc1ccc(N2C(=O)C=CC2=O)cc1.O=C1C=CC(=O)O1.[HH].[HH].[HH].[HH].[HH].[HH].[HH].[HH].[HH].[HH].[HH].[HH].[HH].[HH].[HH].[HH].[HH].[HH].[HH].[HH].[HH].[HH]. The van der Waals surface area contributed by atoms with E-state index in [0.717, 1.165) is 22.6 Å². The highest BCUT2D eigenvalue weighted by atomic mass is 16.6. The number of hydrogen-bond donors (Lipinski definition) is 1. The van der Waals surface area contributed by atoms with Gasteiger partial charge in [-0.05, 0) is 167 Å². The molecule has 7 nitrogen and oxygen atoms in total. The molecule has 0 saturated carbocycles. The number of nitrogen functional groups attached to an aromatic ring is 1. The van der Waals surface area contributed by atoms with Crippen molar-refractivity contribution in [2.24, 2.45) is 0 Å². The van der Waals surface area contributed by atoms with E-state index in [1.54, 1.807) is 36.4 Å². The highest BCUT2D eigenvalue weighted by Gasteiger charge is 2.24. The number of esters is 2. The van der Waals surface area contributed by atoms with Crippen LogP contribution >= 0.6 is 0 Å². The van der Waals surface area contributed by atoms with Crippen LogP contribution in [-0.2, 0) is 23.9 Å². The Balaban J connectivity index is -0.0000000274. The number of cyclic esters (lactones) is 2. The van der Waals surface area contributed by atoms with Crippen molar-refractivity contribution in [1.29, 1.82) is 0 Å². The van der Waals surface area contributed by atoms with Crippen LogP contribution in [0.2, 0.25) is 0 Å². The molecule has 2 aliphatic heterocycles. The Hall–Kier alpha value is -9.28. The van der Waals surface area contributed by atoms with E-state index in [0.29, 0.717) is 16.9 Å². The molecule has 2 N–H and O–H groups in total. The van der Waals surface area contributed by atoms with Crippen molar-refractivity contribution in [1.82, 2.24) is 0 Å². The zero-order valence-corrected chi connectivity index (χ0v) is 26.1. The van der Waals surface area contributed by atoms with Crippen LogP contribution in [0.1, 0.15) is 42.5 Å². The van der Waals surface area contributed by atoms with E-state index < -0.39 is 11.9 Å². The Morgan fingerprint density at radius 3 is 1.14 bits per heavy atom. The number of hydrogen-bond acceptors (Lipinski definition) is 6. The van der Waals surface area contributed by atoms with Crippen molar-refractivity contribution in [2.75, 3.05) is 10.6 Å². The van der Waals surface area contributed by atoms with Gasteiger partial charge in [-0.1, -0.05) is 11.8 Å². The molecular formula is C44H60N2O5. The van der Waals surface area contributed by atoms with E-state index in [2.05, 4.69) is 135 Å². The molecule has 0 spiro atoms. The van der Waals surface area contributed by atoms with Crippen molar-refractivity contribution in [3.63, 3.8) is 0 Å². The molecule has 0 aliphatic carbocycles.